The summed E-state index contributed by atoms with van der Waals surface area (Å²) < 4.78 is 0. The Morgan fingerprint density at radius 1 is 1.15 bits per heavy atom. The van der Waals surface area contributed by atoms with Crippen LogP contribution in [-0.4, -0.2) is 44.5 Å². The molecular weight excluding hydrogens is 250 g/mol. The maximum atomic E-state index is 12.1. The number of nitrogens with zero attached hydrogens (tertiary/aromatic N) is 2. The van der Waals surface area contributed by atoms with Crippen molar-refractivity contribution in [3.63, 3.8) is 0 Å². The number of benzene rings is 1. The molecule has 4 nitrogen and oxygen atoms in total. The van der Waals surface area contributed by atoms with E-state index in [1.165, 1.54) is 11.3 Å². The molecule has 0 aliphatic rings. The highest BCUT2D eigenvalue weighted by Crippen LogP contribution is 2.13. The maximum absolute atomic E-state index is 12.1. The minimum absolute atomic E-state index is 0.164. The Hall–Kier alpha value is -1.55. The molecule has 1 N–H and O–H groups in total. The van der Waals surface area contributed by atoms with E-state index in [9.17, 15) is 4.79 Å². The van der Waals surface area contributed by atoms with Crippen molar-refractivity contribution < 1.29 is 4.79 Å². The van der Waals surface area contributed by atoms with Gasteiger partial charge in [0, 0.05) is 32.9 Å². The van der Waals surface area contributed by atoms with Crippen LogP contribution < -0.4 is 10.2 Å². The van der Waals surface area contributed by atoms with Crippen LogP contribution in [0.2, 0.25) is 0 Å². The molecule has 0 radical (unpaired) electrons. The van der Waals surface area contributed by atoms with Crippen molar-refractivity contribution in [3.8, 4) is 0 Å². The van der Waals surface area contributed by atoms with Gasteiger partial charge < -0.3 is 15.1 Å². The summed E-state index contributed by atoms with van der Waals surface area (Å²) in [6.45, 7) is 6.85. The van der Waals surface area contributed by atoms with E-state index in [1.807, 2.05) is 25.9 Å². The van der Waals surface area contributed by atoms with Gasteiger partial charge >= 0.3 is 0 Å². The number of amides is 1. The van der Waals surface area contributed by atoms with Gasteiger partial charge in [0.15, 0.2) is 0 Å². The number of hydrogen-bond acceptors (Lipinski definition) is 3. The summed E-state index contributed by atoms with van der Waals surface area (Å²) in [7, 11) is 4.05. The molecule has 0 unspecified atom stereocenters. The van der Waals surface area contributed by atoms with Crippen LogP contribution in [0.15, 0.2) is 24.3 Å². The fourth-order valence-electron chi connectivity index (χ4n) is 1.98. The van der Waals surface area contributed by atoms with Crippen LogP contribution in [0.4, 0.5) is 5.69 Å². The van der Waals surface area contributed by atoms with Crippen molar-refractivity contribution in [3.05, 3.63) is 29.8 Å². The first kappa shape index (κ1) is 16.5. The molecule has 20 heavy (non-hydrogen) atoms. The number of nitrogens with one attached hydrogen (secondary N) is 1. The number of anilines is 1. The molecule has 0 saturated carbocycles. The lowest BCUT2D eigenvalue weighted by Gasteiger charge is -2.22. The van der Waals surface area contributed by atoms with Crippen LogP contribution in [0.25, 0.3) is 0 Å². The first-order valence-corrected chi connectivity index (χ1v) is 7.33. The Bertz CT molecular complexity index is 401. The van der Waals surface area contributed by atoms with Gasteiger partial charge in [0.2, 0.25) is 5.91 Å². The standard InChI is InChI=1S/C16H27N3O/c1-5-11-17-12-16(20)19(6-2)13-14-7-9-15(10-8-14)18(3)4/h7-10,17H,5-6,11-13H2,1-4H3. The molecule has 0 bridgehead atoms. The van der Waals surface area contributed by atoms with E-state index in [2.05, 4.69) is 41.4 Å². The smallest absolute Gasteiger partial charge is 0.236 e. The highest BCUT2D eigenvalue weighted by atomic mass is 16.2. The van der Waals surface area contributed by atoms with E-state index in [-0.39, 0.29) is 5.91 Å². The molecule has 0 heterocycles. The Balaban J connectivity index is 2.56. The van der Waals surface area contributed by atoms with Crippen LogP contribution >= 0.6 is 0 Å². The van der Waals surface area contributed by atoms with Crippen molar-refractivity contribution in [2.24, 2.45) is 0 Å². The van der Waals surface area contributed by atoms with Crippen molar-refractivity contribution in [2.45, 2.75) is 26.8 Å². The first-order valence-electron chi connectivity index (χ1n) is 7.33. The van der Waals surface area contributed by atoms with E-state index < -0.39 is 0 Å². The summed E-state index contributed by atoms with van der Waals surface area (Å²) in [4.78, 5) is 16.0. The van der Waals surface area contributed by atoms with Gasteiger partial charge in [-0.05, 0) is 37.6 Å². The molecular formula is C16H27N3O. The quantitative estimate of drug-likeness (QED) is 0.739. The normalized spacial score (nSPS) is 10.4. The van der Waals surface area contributed by atoms with Crippen molar-refractivity contribution in [1.29, 1.82) is 0 Å². The lowest BCUT2D eigenvalue weighted by Crippen LogP contribution is -2.37. The van der Waals surface area contributed by atoms with Gasteiger partial charge in [-0.25, -0.2) is 0 Å². The Morgan fingerprint density at radius 2 is 1.80 bits per heavy atom. The fourth-order valence-corrected chi connectivity index (χ4v) is 1.98. The molecule has 1 rings (SSSR count). The van der Waals surface area contributed by atoms with E-state index in [1.54, 1.807) is 0 Å². The Kier molecular flexibility index (Phi) is 7.09. The molecule has 4 heteroatoms. The Morgan fingerprint density at radius 3 is 2.30 bits per heavy atom. The second-order valence-electron chi connectivity index (χ2n) is 5.15. The summed E-state index contributed by atoms with van der Waals surface area (Å²) in [5.74, 6) is 0.164. The summed E-state index contributed by atoms with van der Waals surface area (Å²) in [6.07, 6.45) is 1.05. The van der Waals surface area contributed by atoms with E-state index >= 15 is 0 Å². The highest BCUT2D eigenvalue weighted by molar-refractivity contribution is 5.78. The second kappa shape index (κ2) is 8.59. The molecule has 112 valence electrons. The summed E-state index contributed by atoms with van der Waals surface area (Å²) in [5.41, 5.74) is 2.34. The van der Waals surface area contributed by atoms with Crippen LogP contribution in [0, 0.1) is 0 Å². The van der Waals surface area contributed by atoms with Gasteiger partial charge in [0.05, 0.1) is 6.54 Å². The molecule has 0 aliphatic carbocycles. The minimum atomic E-state index is 0.164. The van der Waals surface area contributed by atoms with Crippen molar-refractivity contribution >= 4 is 11.6 Å². The van der Waals surface area contributed by atoms with E-state index in [0.717, 1.165) is 19.5 Å². The third kappa shape index (κ3) is 5.21. The number of likely N-dealkylation sites (N-methyl/N-ethyl adjacent to an activating group) is 1. The summed E-state index contributed by atoms with van der Waals surface area (Å²) >= 11 is 0. The molecule has 0 atom stereocenters. The molecule has 0 aromatic heterocycles. The molecule has 0 spiro atoms. The lowest BCUT2D eigenvalue weighted by atomic mass is 10.2. The molecule has 0 saturated heterocycles. The van der Waals surface area contributed by atoms with Gasteiger partial charge in [0.25, 0.3) is 0 Å². The monoisotopic (exact) mass is 277 g/mol. The largest absolute Gasteiger partial charge is 0.378 e. The Labute approximate surface area is 122 Å². The molecule has 1 aromatic rings. The van der Waals surface area contributed by atoms with Crippen molar-refractivity contribution in [2.75, 3.05) is 38.6 Å². The number of carbonyl (C=O) groups excluding carboxylic acids is 1. The zero-order valence-corrected chi connectivity index (χ0v) is 13.1. The summed E-state index contributed by atoms with van der Waals surface area (Å²) in [6, 6.07) is 8.35. The van der Waals surface area contributed by atoms with Gasteiger partial charge in [-0.15, -0.1) is 0 Å². The third-order valence-corrected chi connectivity index (χ3v) is 3.26. The van der Waals surface area contributed by atoms with E-state index in [4.69, 9.17) is 0 Å². The fraction of sp³-hybridized carbons (Fsp3) is 0.562. The first-order chi connectivity index (χ1) is 9.58. The van der Waals surface area contributed by atoms with Crippen LogP contribution in [0.5, 0.6) is 0 Å². The molecule has 0 fully saturated rings. The van der Waals surface area contributed by atoms with Crippen LogP contribution in [0.3, 0.4) is 0 Å². The molecule has 0 aliphatic heterocycles. The third-order valence-electron chi connectivity index (χ3n) is 3.26. The average molecular weight is 277 g/mol. The van der Waals surface area contributed by atoms with E-state index in [0.29, 0.717) is 13.1 Å². The summed E-state index contributed by atoms with van der Waals surface area (Å²) in [5, 5.41) is 3.16. The van der Waals surface area contributed by atoms with Crippen LogP contribution in [-0.2, 0) is 11.3 Å². The average Bonchev–Trinajstić information content (AvgIpc) is 2.45. The SMILES string of the molecule is CCCNCC(=O)N(CC)Cc1ccc(N(C)C)cc1. The zero-order valence-electron chi connectivity index (χ0n) is 13.1. The van der Waals surface area contributed by atoms with Gasteiger partial charge in [-0.2, -0.15) is 0 Å². The second-order valence-corrected chi connectivity index (χ2v) is 5.15. The van der Waals surface area contributed by atoms with Gasteiger partial charge in [0.1, 0.15) is 0 Å². The number of carbonyl (C=O) groups is 1. The maximum Gasteiger partial charge on any atom is 0.236 e. The predicted molar refractivity (Wildman–Crippen MR) is 85.0 cm³/mol. The number of rotatable bonds is 8. The molecule has 1 amide bonds. The molecule has 1 aromatic carbocycles. The minimum Gasteiger partial charge on any atom is -0.378 e. The lowest BCUT2D eigenvalue weighted by molar-refractivity contribution is -0.130. The predicted octanol–water partition coefficient (Wildman–Crippen LogP) is 2.10. The highest BCUT2D eigenvalue weighted by Gasteiger charge is 2.11. The number of hydrogen-bond donors (Lipinski definition) is 1. The topological polar surface area (TPSA) is 35.6 Å². The van der Waals surface area contributed by atoms with Gasteiger partial charge in [-0.1, -0.05) is 19.1 Å². The zero-order chi connectivity index (χ0) is 15.0. The van der Waals surface area contributed by atoms with Gasteiger partial charge in [-0.3, -0.25) is 4.79 Å². The van der Waals surface area contributed by atoms with Crippen LogP contribution in [0.1, 0.15) is 25.8 Å². The van der Waals surface area contributed by atoms with Crippen molar-refractivity contribution in [1.82, 2.24) is 10.2 Å².